The molecular weight excluding hydrogens is 759 g/mol. The molecule has 61 heavy (non-hydrogen) atoms. The first-order valence-electron chi connectivity index (χ1n) is 27.2. The molecule has 0 aliphatic heterocycles. The molecular formula is C54H105NO6. The summed E-state index contributed by atoms with van der Waals surface area (Å²) in [5, 5.41) is 0. The van der Waals surface area contributed by atoms with E-state index in [2.05, 4.69) is 25.7 Å². The van der Waals surface area contributed by atoms with Crippen molar-refractivity contribution in [2.24, 2.45) is 0 Å². The third kappa shape index (κ3) is 49.2. The molecule has 0 heterocycles. The van der Waals surface area contributed by atoms with Gasteiger partial charge in [0.25, 0.3) is 0 Å². The molecule has 0 bridgehead atoms. The Labute approximate surface area is 380 Å². The van der Waals surface area contributed by atoms with Crippen molar-refractivity contribution in [1.82, 2.24) is 4.90 Å². The number of nitrogens with zero attached hydrogens (tertiary/aromatic N) is 1. The fourth-order valence-electron chi connectivity index (χ4n) is 8.28. The summed E-state index contributed by atoms with van der Waals surface area (Å²) in [6.45, 7) is 9.25. The second kappa shape index (κ2) is 51.0. The fraction of sp³-hybridized carbons (Fsp3) is 0.944. The second-order valence-corrected chi connectivity index (χ2v) is 18.5. The molecule has 0 aromatic rings. The predicted molar refractivity (Wildman–Crippen MR) is 260 cm³/mol. The van der Waals surface area contributed by atoms with Gasteiger partial charge in [0.15, 0.2) is 0 Å². The summed E-state index contributed by atoms with van der Waals surface area (Å²) in [5.74, 6) is -0.426. The third-order valence-corrected chi connectivity index (χ3v) is 12.5. The molecule has 0 radical (unpaired) electrons. The van der Waals surface area contributed by atoms with Crippen LogP contribution in [0.15, 0.2) is 0 Å². The van der Waals surface area contributed by atoms with Crippen LogP contribution in [-0.4, -0.2) is 62.3 Å². The van der Waals surface area contributed by atoms with Crippen LogP contribution in [0.5, 0.6) is 0 Å². The van der Waals surface area contributed by atoms with Gasteiger partial charge >= 0.3 is 17.9 Å². The first-order chi connectivity index (χ1) is 30.0. The van der Waals surface area contributed by atoms with Crippen molar-refractivity contribution < 1.29 is 28.6 Å². The van der Waals surface area contributed by atoms with Crippen molar-refractivity contribution in [1.29, 1.82) is 0 Å². The van der Waals surface area contributed by atoms with E-state index in [0.717, 1.165) is 38.5 Å². The van der Waals surface area contributed by atoms with E-state index >= 15 is 0 Å². The summed E-state index contributed by atoms with van der Waals surface area (Å²) in [5.41, 5.74) is 0. The molecule has 7 nitrogen and oxygen atoms in total. The molecule has 362 valence electrons. The smallest absolute Gasteiger partial charge is 0.305 e. The second-order valence-electron chi connectivity index (χ2n) is 18.5. The van der Waals surface area contributed by atoms with E-state index in [0.29, 0.717) is 38.9 Å². The Hall–Kier alpha value is -1.63. The molecule has 0 aliphatic carbocycles. The third-order valence-electron chi connectivity index (χ3n) is 12.5. The fourth-order valence-corrected chi connectivity index (χ4v) is 8.28. The van der Waals surface area contributed by atoms with Crippen molar-refractivity contribution in [2.75, 3.05) is 39.5 Å². The zero-order valence-electron chi connectivity index (χ0n) is 41.3. The summed E-state index contributed by atoms with van der Waals surface area (Å²) in [4.78, 5) is 39.5. The Morgan fingerprint density at radius 1 is 0.262 bits per heavy atom. The van der Waals surface area contributed by atoms with Gasteiger partial charge in [-0.3, -0.25) is 19.3 Å². The summed E-state index contributed by atoms with van der Waals surface area (Å²) in [7, 11) is 0. The molecule has 7 heteroatoms. The normalized spacial score (nSPS) is 11.4. The van der Waals surface area contributed by atoms with Gasteiger partial charge in [-0.15, -0.1) is 0 Å². The van der Waals surface area contributed by atoms with E-state index in [4.69, 9.17) is 14.2 Å². The van der Waals surface area contributed by atoms with E-state index in [1.807, 2.05) is 0 Å². The molecule has 0 aromatic heterocycles. The van der Waals surface area contributed by atoms with Gasteiger partial charge in [-0.25, -0.2) is 0 Å². The van der Waals surface area contributed by atoms with Crippen LogP contribution in [0.4, 0.5) is 0 Å². The van der Waals surface area contributed by atoms with Gasteiger partial charge in [0.05, 0.1) is 0 Å². The summed E-state index contributed by atoms with van der Waals surface area (Å²) in [6.07, 6.45) is 51.3. The Balaban J connectivity index is 4.28. The maximum Gasteiger partial charge on any atom is 0.305 e. The van der Waals surface area contributed by atoms with Gasteiger partial charge < -0.3 is 14.2 Å². The van der Waals surface area contributed by atoms with E-state index in [1.54, 1.807) is 0 Å². The van der Waals surface area contributed by atoms with E-state index in [1.165, 1.54) is 212 Å². The summed E-state index contributed by atoms with van der Waals surface area (Å²) < 4.78 is 16.8. The summed E-state index contributed by atoms with van der Waals surface area (Å²) in [6, 6.07) is 0. The van der Waals surface area contributed by atoms with E-state index in [9.17, 15) is 14.4 Å². The zero-order chi connectivity index (χ0) is 44.4. The quantitative estimate of drug-likeness (QED) is 0.0342. The van der Waals surface area contributed by atoms with Gasteiger partial charge in [-0.1, -0.05) is 252 Å². The molecule has 0 saturated carbocycles. The van der Waals surface area contributed by atoms with Crippen LogP contribution in [0.2, 0.25) is 0 Å². The lowest BCUT2D eigenvalue weighted by molar-refractivity contribution is -0.144. The van der Waals surface area contributed by atoms with Crippen LogP contribution in [0.25, 0.3) is 0 Å². The molecule has 0 aliphatic rings. The predicted octanol–water partition coefficient (Wildman–Crippen LogP) is 16.4. The van der Waals surface area contributed by atoms with E-state index < -0.39 is 0 Å². The number of esters is 3. The molecule has 0 N–H and O–H groups in total. The lowest BCUT2D eigenvalue weighted by Crippen LogP contribution is -2.35. The standard InChI is InChI=1S/C54H105NO6/c1-4-7-10-13-16-19-22-25-28-31-34-37-40-43-52(56)59-49-46-55(47-50-60-53(57)44-41-38-35-32-29-26-23-20-17-14-11-8-5-2)48-51-61-54(58)45-42-39-36-33-30-27-24-21-18-15-12-9-6-3/h4-51H2,1-3H3. The van der Waals surface area contributed by atoms with Crippen LogP contribution in [-0.2, 0) is 28.6 Å². The maximum atomic E-state index is 12.5. The van der Waals surface area contributed by atoms with Crippen molar-refractivity contribution >= 4 is 17.9 Å². The minimum atomic E-state index is -0.142. The first-order valence-corrected chi connectivity index (χ1v) is 27.2. The number of hydrogen-bond acceptors (Lipinski definition) is 7. The number of hydrogen-bond donors (Lipinski definition) is 0. The van der Waals surface area contributed by atoms with Crippen molar-refractivity contribution in [3.8, 4) is 0 Å². The number of ether oxygens (including phenoxy) is 3. The Morgan fingerprint density at radius 3 is 0.607 bits per heavy atom. The van der Waals surface area contributed by atoms with Crippen LogP contribution in [0, 0.1) is 0 Å². The highest BCUT2D eigenvalue weighted by atomic mass is 16.5. The molecule has 0 fully saturated rings. The highest BCUT2D eigenvalue weighted by Gasteiger charge is 2.12. The van der Waals surface area contributed by atoms with Gasteiger partial charge in [-0.05, 0) is 19.3 Å². The van der Waals surface area contributed by atoms with Crippen LogP contribution in [0.1, 0.15) is 290 Å². The maximum absolute atomic E-state index is 12.5. The lowest BCUT2D eigenvalue weighted by atomic mass is 10.0. The van der Waals surface area contributed by atoms with Crippen molar-refractivity contribution in [3.05, 3.63) is 0 Å². The molecule has 0 atom stereocenters. The Kier molecular flexibility index (Phi) is 49.6. The molecule has 0 spiro atoms. The number of carbonyl (C=O) groups excluding carboxylic acids is 3. The van der Waals surface area contributed by atoms with Crippen LogP contribution < -0.4 is 0 Å². The molecule has 0 amide bonds. The average Bonchev–Trinajstić information content (AvgIpc) is 3.25. The largest absolute Gasteiger partial charge is 0.464 e. The minimum absolute atomic E-state index is 0.142. The monoisotopic (exact) mass is 864 g/mol. The highest BCUT2D eigenvalue weighted by Crippen LogP contribution is 2.16. The van der Waals surface area contributed by atoms with Gasteiger partial charge in [-0.2, -0.15) is 0 Å². The molecule has 0 aromatic carbocycles. The van der Waals surface area contributed by atoms with Crippen LogP contribution in [0.3, 0.4) is 0 Å². The number of rotatable bonds is 51. The SMILES string of the molecule is CCCCCCCCCCCCCCCC(=O)OCCN(CCOC(=O)CCCCCCCCCCCCCCC)CCOC(=O)CCCCCCCCCCCCCCC. The van der Waals surface area contributed by atoms with Gasteiger partial charge in [0.2, 0.25) is 0 Å². The first kappa shape index (κ1) is 59.4. The van der Waals surface area contributed by atoms with Gasteiger partial charge in [0, 0.05) is 38.9 Å². The molecule has 0 unspecified atom stereocenters. The lowest BCUT2D eigenvalue weighted by Gasteiger charge is -2.22. The topological polar surface area (TPSA) is 82.1 Å². The Bertz CT molecular complexity index is 798. The molecule has 0 saturated heterocycles. The Morgan fingerprint density at radius 2 is 0.426 bits per heavy atom. The minimum Gasteiger partial charge on any atom is -0.464 e. The average molecular weight is 864 g/mol. The zero-order valence-corrected chi connectivity index (χ0v) is 41.3. The highest BCUT2D eigenvalue weighted by molar-refractivity contribution is 5.70. The van der Waals surface area contributed by atoms with Crippen molar-refractivity contribution in [3.63, 3.8) is 0 Å². The molecule has 0 rings (SSSR count). The van der Waals surface area contributed by atoms with Crippen LogP contribution >= 0.6 is 0 Å². The van der Waals surface area contributed by atoms with E-state index in [-0.39, 0.29) is 37.7 Å². The summed E-state index contributed by atoms with van der Waals surface area (Å²) >= 11 is 0. The van der Waals surface area contributed by atoms with Gasteiger partial charge in [0.1, 0.15) is 19.8 Å². The number of carbonyl (C=O) groups is 3. The van der Waals surface area contributed by atoms with Crippen molar-refractivity contribution in [2.45, 2.75) is 290 Å². The number of unbranched alkanes of at least 4 members (excludes halogenated alkanes) is 36.